The van der Waals surface area contributed by atoms with Crippen molar-refractivity contribution in [1.82, 2.24) is 5.32 Å². The van der Waals surface area contributed by atoms with Crippen LogP contribution in [0.2, 0.25) is 0 Å². The smallest absolute Gasteiger partial charge is 0.221 e. The summed E-state index contributed by atoms with van der Waals surface area (Å²) in [5.41, 5.74) is 5.95. The number of rotatable bonds is 4. The third-order valence-corrected chi connectivity index (χ3v) is 5.44. The predicted molar refractivity (Wildman–Crippen MR) is 76.5 cm³/mol. The van der Waals surface area contributed by atoms with Crippen LogP contribution in [0, 0.1) is 23.2 Å². The van der Waals surface area contributed by atoms with Gasteiger partial charge < -0.3 is 11.1 Å². The van der Waals surface area contributed by atoms with Gasteiger partial charge >= 0.3 is 0 Å². The van der Waals surface area contributed by atoms with Crippen molar-refractivity contribution < 1.29 is 4.79 Å². The lowest BCUT2D eigenvalue weighted by Gasteiger charge is -2.57. The zero-order valence-electron chi connectivity index (χ0n) is 12.4. The zero-order valence-corrected chi connectivity index (χ0v) is 12.4. The van der Waals surface area contributed by atoms with Gasteiger partial charge in [0, 0.05) is 18.5 Å². The Morgan fingerprint density at radius 3 is 2.05 bits per heavy atom. The molecule has 0 aromatic rings. The summed E-state index contributed by atoms with van der Waals surface area (Å²) in [6.07, 6.45) is 8.87. The summed E-state index contributed by atoms with van der Waals surface area (Å²) >= 11 is 0. The summed E-state index contributed by atoms with van der Waals surface area (Å²) in [5, 5.41) is 3.18. The van der Waals surface area contributed by atoms with Crippen molar-refractivity contribution in [3.05, 3.63) is 0 Å². The second kappa shape index (κ2) is 4.47. The van der Waals surface area contributed by atoms with Gasteiger partial charge in [-0.1, -0.05) is 0 Å². The van der Waals surface area contributed by atoms with E-state index >= 15 is 0 Å². The Kier molecular flexibility index (Phi) is 3.16. The first-order valence-corrected chi connectivity index (χ1v) is 7.89. The van der Waals surface area contributed by atoms with Crippen molar-refractivity contribution in [2.45, 2.75) is 64.3 Å². The molecule has 4 rings (SSSR count). The quantitative estimate of drug-likeness (QED) is 0.819. The molecule has 4 bridgehead atoms. The van der Waals surface area contributed by atoms with Crippen LogP contribution in [0.25, 0.3) is 0 Å². The maximum absolute atomic E-state index is 12.0. The van der Waals surface area contributed by atoms with Crippen molar-refractivity contribution in [2.24, 2.45) is 28.9 Å². The Labute approximate surface area is 116 Å². The average Bonchev–Trinajstić information content (AvgIpc) is 2.22. The average molecular weight is 264 g/mol. The topological polar surface area (TPSA) is 55.1 Å². The van der Waals surface area contributed by atoms with Gasteiger partial charge in [-0.2, -0.15) is 0 Å². The normalized spacial score (nSPS) is 40.5. The molecule has 4 saturated carbocycles. The third-order valence-electron chi connectivity index (χ3n) is 5.44. The molecule has 0 atom stereocenters. The van der Waals surface area contributed by atoms with E-state index < -0.39 is 5.54 Å². The second-order valence-electron chi connectivity index (χ2n) is 8.36. The Morgan fingerprint density at radius 1 is 1.16 bits per heavy atom. The van der Waals surface area contributed by atoms with Crippen LogP contribution >= 0.6 is 0 Å². The lowest BCUT2D eigenvalue weighted by Crippen LogP contribution is -2.51. The standard InChI is InChI=1S/C16H28N2O/c1-15(2,17)9-14(19)18-10-16-6-11-3-12(7-16)5-13(4-11)8-16/h11-13H,3-10,17H2,1-2H3,(H,18,19). The van der Waals surface area contributed by atoms with Crippen LogP contribution in [0.15, 0.2) is 0 Å². The molecule has 19 heavy (non-hydrogen) atoms. The molecule has 0 unspecified atom stereocenters. The van der Waals surface area contributed by atoms with Crippen molar-refractivity contribution in [3.63, 3.8) is 0 Å². The minimum Gasteiger partial charge on any atom is -0.355 e. The van der Waals surface area contributed by atoms with E-state index in [-0.39, 0.29) is 5.91 Å². The van der Waals surface area contributed by atoms with E-state index in [2.05, 4.69) is 5.32 Å². The summed E-state index contributed by atoms with van der Waals surface area (Å²) in [7, 11) is 0. The van der Waals surface area contributed by atoms with E-state index in [1.807, 2.05) is 13.8 Å². The molecule has 0 aromatic heterocycles. The van der Waals surface area contributed by atoms with Crippen LogP contribution < -0.4 is 11.1 Å². The second-order valence-corrected chi connectivity index (χ2v) is 8.36. The van der Waals surface area contributed by atoms with Gasteiger partial charge in [-0.05, 0) is 75.5 Å². The molecule has 4 aliphatic carbocycles. The zero-order chi connectivity index (χ0) is 13.7. The number of nitrogens with one attached hydrogen (secondary N) is 1. The molecule has 0 radical (unpaired) electrons. The van der Waals surface area contributed by atoms with E-state index in [4.69, 9.17) is 5.73 Å². The van der Waals surface area contributed by atoms with E-state index in [9.17, 15) is 4.79 Å². The Bertz CT molecular complexity index is 334. The lowest BCUT2D eigenvalue weighted by atomic mass is 9.49. The van der Waals surface area contributed by atoms with Gasteiger partial charge in [0.25, 0.3) is 0 Å². The number of nitrogens with two attached hydrogens (primary N) is 1. The first kappa shape index (κ1) is 13.4. The number of hydrogen-bond donors (Lipinski definition) is 2. The van der Waals surface area contributed by atoms with Gasteiger partial charge in [-0.3, -0.25) is 4.79 Å². The molecule has 4 fully saturated rings. The van der Waals surface area contributed by atoms with E-state index in [1.165, 1.54) is 38.5 Å². The van der Waals surface area contributed by atoms with Crippen LogP contribution in [0.5, 0.6) is 0 Å². The van der Waals surface area contributed by atoms with E-state index in [0.717, 1.165) is 24.3 Å². The first-order valence-electron chi connectivity index (χ1n) is 7.89. The molecule has 108 valence electrons. The summed E-state index contributed by atoms with van der Waals surface area (Å²) in [5.74, 6) is 2.99. The molecular weight excluding hydrogens is 236 g/mol. The predicted octanol–water partition coefficient (Wildman–Crippen LogP) is 2.45. The van der Waals surface area contributed by atoms with Crippen LogP contribution in [0.4, 0.5) is 0 Å². The number of amides is 1. The molecule has 0 heterocycles. The number of carbonyl (C=O) groups excluding carboxylic acids is 1. The van der Waals surface area contributed by atoms with Gasteiger partial charge in [0.2, 0.25) is 5.91 Å². The minimum absolute atomic E-state index is 0.128. The number of hydrogen-bond acceptors (Lipinski definition) is 2. The maximum atomic E-state index is 12.0. The fraction of sp³-hybridized carbons (Fsp3) is 0.938. The highest BCUT2D eigenvalue weighted by molar-refractivity contribution is 5.77. The van der Waals surface area contributed by atoms with Crippen LogP contribution in [-0.2, 0) is 4.79 Å². The molecule has 0 saturated heterocycles. The Morgan fingerprint density at radius 2 is 1.63 bits per heavy atom. The SMILES string of the molecule is CC(C)(N)CC(=O)NCC12CC3CC(CC(C3)C1)C2. The van der Waals surface area contributed by atoms with Crippen molar-refractivity contribution >= 4 is 5.91 Å². The highest BCUT2D eigenvalue weighted by atomic mass is 16.1. The highest BCUT2D eigenvalue weighted by Gasteiger charge is 2.50. The Hall–Kier alpha value is -0.570. The van der Waals surface area contributed by atoms with Gasteiger partial charge in [0.1, 0.15) is 0 Å². The first-order chi connectivity index (χ1) is 8.84. The Balaban J connectivity index is 1.57. The van der Waals surface area contributed by atoms with E-state index in [0.29, 0.717) is 11.8 Å². The summed E-state index contributed by atoms with van der Waals surface area (Å²) in [4.78, 5) is 12.0. The maximum Gasteiger partial charge on any atom is 0.221 e. The fourth-order valence-corrected chi connectivity index (χ4v) is 5.27. The molecular formula is C16H28N2O. The molecule has 0 spiro atoms. The molecule has 0 aromatic carbocycles. The van der Waals surface area contributed by atoms with Crippen molar-refractivity contribution in [1.29, 1.82) is 0 Å². The highest BCUT2D eigenvalue weighted by Crippen LogP contribution is 2.59. The summed E-state index contributed by atoms with van der Waals surface area (Å²) in [6.45, 7) is 4.72. The van der Waals surface area contributed by atoms with E-state index in [1.54, 1.807) is 0 Å². The van der Waals surface area contributed by atoms with Crippen LogP contribution in [0.3, 0.4) is 0 Å². The molecule has 3 N–H and O–H groups in total. The van der Waals surface area contributed by atoms with Crippen molar-refractivity contribution in [2.75, 3.05) is 6.54 Å². The monoisotopic (exact) mass is 264 g/mol. The minimum atomic E-state index is -0.397. The van der Waals surface area contributed by atoms with Crippen molar-refractivity contribution in [3.8, 4) is 0 Å². The largest absolute Gasteiger partial charge is 0.355 e. The molecule has 0 aliphatic heterocycles. The number of carbonyl (C=O) groups is 1. The summed E-state index contributed by atoms with van der Waals surface area (Å²) in [6, 6.07) is 0. The van der Waals surface area contributed by atoms with Gasteiger partial charge in [0.05, 0.1) is 0 Å². The molecule has 3 nitrogen and oxygen atoms in total. The van der Waals surface area contributed by atoms with Gasteiger partial charge in [-0.25, -0.2) is 0 Å². The fourth-order valence-electron chi connectivity index (χ4n) is 5.27. The lowest BCUT2D eigenvalue weighted by molar-refractivity contribution is -0.124. The molecule has 1 amide bonds. The van der Waals surface area contributed by atoms with Gasteiger partial charge in [0.15, 0.2) is 0 Å². The molecule has 3 heteroatoms. The summed E-state index contributed by atoms with van der Waals surface area (Å²) < 4.78 is 0. The third kappa shape index (κ3) is 2.96. The van der Waals surface area contributed by atoms with Crippen LogP contribution in [-0.4, -0.2) is 18.0 Å². The van der Waals surface area contributed by atoms with Gasteiger partial charge in [-0.15, -0.1) is 0 Å². The molecule has 4 aliphatic rings. The van der Waals surface area contributed by atoms with Crippen LogP contribution in [0.1, 0.15) is 58.8 Å².